The minimum atomic E-state index is -1.74. The van der Waals surface area contributed by atoms with Gasteiger partial charge in [-0.15, -0.1) is 0 Å². The number of hydrogen-bond acceptors (Lipinski definition) is 7. The number of phenolic OH excluding ortho intramolecular Hbond substituents is 1. The van der Waals surface area contributed by atoms with Crippen LogP contribution in [0.5, 0.6) is 5.75 Å². The number of fused-ring (bicyclic) bond motifs is 3. The van der Waals surface area contributed by atoms with Gasteiger partial charge in [0.05, 0.1) is 17.1 Å². The number of hydrogen-bond donors (Lipinski definition) is 5. The molecule has 29 heavy (non-hydrogen) atoms. The molecule has 1 aromatic rings. The zero-order valence-corrected chi connectivity index (χ0v) is 16.0. The van der Waals surface area contributed by atoms with E-state index in [-0.39, 0.29) is 40.3 Å². The second kappa shape index (κ2) is 6.08. The summed E-state index contributed by atoms with van der Waals surface area (Å²) in [6.07, 6.45) is -0.143. The molecule has 0 heterocycles. The number of halogens is 1. The molecular weight excluding hydrogens is 402 g/mol. The first-order valence-corrected chi connectivity index (χ1v) is 9.34. The highest BCUT2D eigenvalue weighted by Gasteiger charge is 2.56. The average molecular weight is 420 g/mol. The van der Waals surface area contributed by atoms with Gasteiger partial charge in [0.25, 0.3) is 5.91 Å². The van der Waals surface area contributed by atoms with Gasteiger partial charge in [-0.05, 0) is 31.4 Å². The first-order chi connectivity index (χ1) is 13.5. The van der Waals surface area contributed by atoms with Gasteiger partial charge in [0.1, 0.15) is 22.8 Å². The minimum Gasteiger partial charge on any atom is -0.511 e. The third kappa shape index (κ3) is 2.45. The number of primary amides is 1. The Morgan fingerprint density at radius 1 is 1.24 bits per heavy atom. The van der Waals surface area contributed by atoms with E-state index < -0.39 is 57.9 Å². The van der Waals surface area contributed by atoms with Crippen LogP contribution in [0.15, 0.2) is 29.0 Å². The van der Waals surface area contributed by atoms with Crippen LogP contribution in [0.4, 0.5) is 0 Å². The first kappa shape index (κ1) is 19.5. The molecule has 152 valence electrons. The van der Waals surface area contributed by atoms with E-state index in [1.807, 2.05) is 0 Å². The molecule has 3 aliphatic carbocycles. The van der Waals surface area contributed by atoms with Crippen LogP contribution in [-0.4, -0.2) is 37.9 Å². The molecular formula is C20H18ClNO7. The summed E-state index contributed by atoms with van der Waals surface area (Å²) in [6.45, 7) is 1.41. The van der Waals surface area contributed by atoms with E-state index in [1.54, 1.807) is 0 Å². The van der Waals surface area contributed by atoms with E-state index in [0.29, 0.717) is 0 Å². The number of amides is 1. The fourth-order valence-corrected chi connectivity index (χ4v) is 5.31. The molecule has 0 aromatic heterocycles. The summed E-state index contributed by atoms with van der Waals surface area (Å²) in [7, 11) is 0. The number of aliphatic hydroxyl groups excluding tert-OH is 2. The lowest BCUT2D eigenvalue weighted by Crippen LogP contribution is -2.50. The Labute approximate surface area is 169 Å². The van der Waals surface area contributed by atoms with Crippen molar-refractivity contribution in [2.45, 2.75) is 25.4 Å². The molecule has 1 unspecified atom stereocenters. The number of ketones is 2. The Balaban J connectivity index is 1.97. The van der Waals surface area contributed by atoms with Crippen LogP contribution in [0, 0.1) is 17.8 Å². The van der Waals surface area contributed by atoms with Crippen molar-refractivity contribution < 1.29 is 34.8 Å². The predicted octanol–water partition coefficient (Wildman–Crippen LogP) is 1.63. The lowest BCUT2D eigenvalue weighted by Gasteiger charge is -2.47. The Morgan fingerprint density at radius 3 is 2.52 bits per heavy atom. The van der Waals surface area contributed by atoms with Crippen molar-refractivity contribution in [3.05, 3.63) is 45.2 Å². The Bertz CT molecular complexity index is 1070. The number of carbonyl (C=O) groups excluding carboxylic acids is 3. The van der Waals surface area contributed by atoms with Crippen LogP contribution in [0.25, 0.3) is 5.76 Å². The molecule has 4 rings (SSSR count). The molecule has 4 atom stereocenters. The number of carbonyl (C=O) groups is 3. The number of allylic oxidation sites excluding steroid dienone is 1. The molecule has 1 saturated carbocycles. The third-order valence-corrected chi connectivity index (χ3v) is 6.55. The van der Waals surface area contributed by atoms with Gasteiger partial charge >= 0.3 is 0 Å². The zero-order valence-electron chi connectivity index (χ0n) is 15.3. The van der Waals surface area contributed by atoms with Crippen LogP contribution < -0.4 is 5.73 Å². The van der Waals surface area contributed by atoms with E-state index in [9.17, 15) is 34.8 Å². The van der Waals surface area contributed by atoms with Gasteiger partial charge in [-0.2, -0.15) is 0 Å². The molecule has 1 amide bonds. The fourth-order valence-electron chi connectivity index (χ4n) is 4.96. The summed E-state index contributed by atoms with van der Waals surface area (Å²) < 4.78 is 0. The second-order valence-electron chi connectivity index (χ2n) is 7.87. The molecule has 1 fully saturated rings. The van der Waals surface area contributed by atoms with E-state index >= 15 is 0 Å². The Kier molecular flexibility index (Phi) is 4.08. The maximum atomic E-state index is 13.3. The van der Waals surface area contributed by atoms with Gasteiger partial charge in [0.15, 0.2) is 11.6 Å². The molecule has 1 aromatic carbocycles. The van der Waals surface area contributed by atoms with E-state index in [0.717, 1.165) is 0 Å². The number of phenols is 1. The van der Waals surface area contributed by atoms with Gasteiger partial charge in [-0.1, -0.05) is 11.6 Å². The third-order valence-electron chi connectivity index (χ3n) is 6.24. The van der Waals surface area contributed by atoms with Crippen LogP contribution >= 0.6 is 11.6 Å². The molecule has 0 spiro atoms. The fraction of sp³-hybridized carbons (Fsp3) is 0.350. The summed E-state index contributed by atoms with van der Waals surface area (Å²) in [5.41, 5.74) is 2.55. The highest BCUT2D eigenvalue weighted by molar-refractivity contribution is 6.32. The SMILES string of the molecule is C[C@@]1(O)c2c(Cl)ccc(O)c2C(O)=C2C(=O)C3C(O)=C(C(N)=O)C(=O)C[C@@H]3C[C@@H]21. The molecule has 0 bridgehead atoms. The van der Waals surface area contributed by atoms with Crippen molar-refractivity contribution in [3.63, 3.8) is 0 Å². The van der Waals surface area contributed by atoms with Gasteiger partial charge in [0.2, 0.25) is 0 Å². The minimum absolute atomic E-state index is 0.0655. The molecule has 9 heteroatoms. The summed E-state index contributed by atoms with van der Waals surface area (Å²) >= 11 is 6.23. The maximum absolute atomic E-state index is 13.3. The van der Waals surface area contributed by atoms with Gasteiger partial charge in [-0.3, -0.25) is 14.4 Å². The number of nitrogens with two attached hydrogens (primary N) is 1. The molecule has 0 saturated heterocycles. The van der Waals surface area contributed by atoms with Crippen molar-refractivity contribution in [3.8, 4) is 5.75 Å². The molecule has 0 radical (unpaired) electrons. The van der Waals surface area contributed by atoms with E-state index in [1.165, 1.54) is 19.1 Å². The lowest BCUT2D eigenvalue weighted by atomic mass is 9.57. The van der Waals surface area contributed by atoms with Crippen molar-refractivity contribution in [2.75, 3.05) is 0 Å². The highest BCUT2D eigenvalue weighted by atomic mass is 35.5. The monoisotopic (exact) mass is 419 g/mol. The largest absolute Gasteiger partial charge is 0.511 e. The zero-order chi connectivity index (χ0) is 21.4. The van der Waals surface area contributed by atoms with Gasteiger partial charge in [0, 0.05) is 28.5 Å². The average Bonchev–Trinajstić information content (AvgIpc) is 2.60. The van der Waals surface area contributed by atoms with Crippen LogP contribution in [0.3, 0.4) is 0 Å². The molecule has 6 N–H and O–H groups in total. The van der Waals surface area contributed by atoms with Gasteiger partial charge < -0.3 is 26.2 Å². The summed E-state index contributed by atoms with van der Waals surface area (Å²) in [5.74, 6) is -7.06. The molecule has 3 aliphatic rings. The highest BCUT2D eigenvalue weighted by Crippen LogP contribution is 2.56. The van der Waals surface area contributed by atoms with Crippen molar-refractivity contribution in [1.29, 1.82) is 0 Å². The van der Waals surface area contributed by atoms with Crippen LogP contribution in [0.2, 0.25) is 5.02 Å². The number of rotatable bonds is 1. The maximum Gasteiger partial charge on any atom is 0.255 e. The summed E-state index contributed by atoms with van der Waals surface area (Å²) in [5, 5.41) is 43.0. The predicted molar refractivity (Wildman–Crippen MR) is 101 cm³/mol. The summed E-state index contributed by atoms with van der Waals surface area (Å²) in [4.78, 5) is 37.1. The lowest BCUT2D eigenvalue weighted by molar-refractivity contribution is -0.130. The standard InChI is InChI=1S/C20H18ClNO7/c1-20(29)7-4-6-5-10(24)14(19(22)28)17(26)11(6)16(25)12(7)18(27)13-9(23)3-2-8(21)15(13)20/h2-3,6-7,11,23,26-27,29H,4-5H2,1H3,(H2,22,28)/t6-,7-,11?,20-/m0/s1. The Morgan fingerprint density at radius 2 is 1.90 bits per heavy atom. The number of benzene rings is 1. The Hall–Kier alpha value is -2.84. The van der Waals surface area contributed by atoms with Crippen molar-refractivity contribution in [1.82, 2.24) is 0 Å². The topological polar surface area (TPSA) is 158 Å². The quantitative estimate of drug-likeness (QED) is 0.432. The van der Waals surface area contributed by atoms with Crippen molar-refractivity contribution >= 4 is 34.8 Å². The number of aromatic hydroxyl groups is 1. The molecule has 8 nitrogen and oxygen atoms in total. The molecule has 0 aliphatic heterocycles. The number of Topliss-reactive ketones (excluding diaryl/α,β-unsaturated/α-hetero) is 2. The number of aliphatic hydroxyl groups is 3. The summed E-state index contributed by atoms with van der Waals surface area (Å²) in [6, 6.07) is 2.60. The second-order valence-corrected chi connectivity index (χ2v) is 8.28. The van der Waals surface area contributed by atoms with Crippen LogP contribution in [0.1, 0.15) is 30.9 Å². The van der Waals surface area contributed by atoms with Gasteiger partial charge in [-0.25, -0.2) is 0 Å². The smallest absolute Gasteiger partial charge is 0.255 e. The van der Waals surface area contributed by atoms with Crippen LogP contribution in [-0.2, 0) is 20.0 Å². The first-order valence-electron chi connectivity index (χ1n) is 8.96. The van der Waals surface area contributed by atoms with Crippen molar-refractivity contribution in [2.24, 2.45) is 23.5 Å². The van der Waals surface area contributed by atoms with E-state index in [4.69, 9.17) is 17.3 Å². The van der Waals surface area contributed by atoms with E-state index in [2.05, 4.69) is 0 Å². The normalized spacial score (nSPS) is 31.3.